The highest BCUT2D eigenvalue weighted by atomic mass is 16.5. The van der Waals surface area contributed by atoms with Crippen LogP contribution < -0.4 is 4.74 Å². The third kappa shape index (κ3) is 4.23. The van der Waals surface area contributed by atoms with Gasteiger partial charge in [-0.2, -0.15) is 5.10 Å². The molecule has 0 spiro atoms. The number of rotatable bonds is 5. The highest BCUT2D eigenvalue weighted by Crippen LogP contribution is 2.33. The maximum absolute atomic E-state index is 13.1. The third-order valence-corrected chi connectivity index (χ3v) is 5.64. The first-order valence-electron chi connectivity index (χ1n) is 10.1. The Morgan fingerprint density at radius 1 is 1.13 bits per heavy atom. The number of furan rings is 1. The van der Waals surface area contributed by atoms with E-state index in [0.29, 0.717) is 32.6 Å². The maximum atomic E-state index is 13.1. The minimum absolute atomic E-state index is 0.0730. The monoisotopic (exact) mass is 410 g/mol. The first-order chi connectivity index (χ1) is 14.5. The van der Waals surface area contributed by atoms with E-state index < -0.39 is 0 Å². The topological polar surface area (TPSA) is 78.6 Å². The fourth-order valence-electron chi connectivity index (χ4n) is 3.89. The van der Waals surface area contributed by atoms with Gasteiger partial charge in [-0.25, -0.2) is 5.01 Å². The van der Waals surface area contributed by atoms with Crippen molar-refractivity contribution in [1.82, 2.24) is 14.8 Å². The molecular formula is C22H26N4O4. The second-order valence-electron chi connectivity index (χ2n) is 7.53. The van der Waals surface area contributed by atoms with Gasteiger partial charge in [0.25, 0.3) is 5.91 Å². The van der Waals surface area contributed by atoms with E-state index in [0.717, 1.165) is 22.8 Å². The van der Waals surface area contributed by atoms with Crippen molar-refractivity contribution in [3.63, 3.8) is 0 Å². The van der Waals surface area contributed by atoms with Gasteiger partial charge in [0, 0.05) is 39.5 Å². The standard InChI is InChI=1S/C22H26N4O4/c1-16(27)25-11-9-24(10-12-25)15-22(28)26-20(21-4-3-13-30-21)14-19(23-26)17-5-7-18(29-2)8-6-17/h3-8,13,20H,9-12,14-15H2,1-2H3/t20-/m0/s1. The molecule has 2 aliphatic heterocycles. The lowest BCUT2D eigenvalue weighted by atomic mass is 10.0. The molecule has 3 heterocycles. The molecule has 2 aliphatic rings. The highest BCUT2D eigenvalue weighted by Gasteiger charge is 2.35. The van der Waals surface area contributed by atoms with Gasteiger partial charge in [0.05, 0.1) is 25.6 Å². The summed E-state index contributed by atoms with van der Waals surface area (Å²) >= 11 is 0. The molecule has 1 aromatic heterocycles. The predicted octanol–water partition coefficient (Wildman–Crippen LogP) is 2.13. The van der Waals surface area contributed by atoms with E-state index in [-0.39, 0.29) is 24.4 Å². The number of benzene rings is 1. The third-order valence-electron chi connectivity index (χ3n) is 5.64. The molecule has 0 aliphatic carbocycles. The van der Waals surface area contributed by atoms with Crippen molar-refractivity contribution in [3.8, 4) is 5.75 Å². The van der Waals surface area contributed by atoms with Crippen LogP contribution in [0, 0.1) is 0 Å². The first-order valence-corrected chi connectivity index (χ1v) is 10.1. The second kappa shape index (κ2) is 8.71. The minimum atomic E-state index is -0.261. The summed E-state index contributed by atoms with van der Waals surface area (Å²) in [5, 5.41) is 6.22. The number of carbonyl (C=O) groups excluding carboxylic acids is 2. The summed E-state index contributed by atoms with van der Waals surface area (Å²) in [6, 6.07) is 11.1. The number of methoxy groups -OCH3 is 1. The molecule has 1 saturated heterocycles. The molecule has 0 saturated carbocycles. The van der Waals surface area contributed by atoms with E-state index in [1.165, 1.54) is 0 Å². The van der Waals surface area contributed by atoms with E-state index >= 15 is 0 Å². The molecule has 2 aromatic rings. The van der Waals surface area contributed by atoms with Gasteiger partial charge in [-0.1, -0.05) is 0 Å². The van der Waals surface area contributed by atoms with Gasteiger partial charge in [-0.3, -0.25) is 14.5 Å². The molecule has 8 heteroatoms. The SMILES string of the molecule is COc1ccc(C2=NN(C(=O)CN3CCN(C(C)=O)CC3)[C@H](c3ccco3)C2)cc1. The number of carbonyl (C=O) groups is 2. The molecule has 0 unspecified atom stereocenters. The zero-order valence-electron chi connectivity index (χ0n) is 17.3. The van der Waals surface area contributed by atoms with Crippen molar-refractivity contribution in [1.29, 1.82) is 0 Å². The van der Waals surface area contributed by atoms with Gasteiger partial charge in [0.1, 0.15) is 17.6 Å². The van der Waals surface area contributed by atoms with Crippen LogP contribution >= 0.6 is 0 Å². The minimum Gasteiger partial charge on any atom is -0.497 e. The van der Waals surface area contributed by atoms with Crippen LogP contribution in [0.4, 0.5) is 0 Å². The van der Waals surface area contributed by atoms with Crippen molar-refractivity contribution in [3.05, 3.63) is 54.0 Å². The summed E-state index contributed by atoms with van der Waals surface area (Å²) in [6.45, 7) is 4.49. The van der Waals surface area contributed by atoms with E-state index in [9.17, 15) is 9.59 Å². The maximum Gasteiger partial charge on any atom is 0.257 e. The summed E-state index contributed by atoms with van der Waals surface area (Å²) < 4.78 is 10.8. The number of hydrogen-bond acceptors (Lipinski definition) is 6. The summed E-state index contributed by atoms with van der Waals surface area (Å²) in [7, 11) is 1.63. The number of hydrogen-bond donors (Lipinski definition) is 0. The molecule has 1 fully saturated rings. The van der Waals surface area contributed by atoms with Crippen LogP contribution in [0.1, 0.15) is 30.7 Å². The molecule has 1 aromatic carbocycles. The summed E-state index contributed by atoms with van der Waals surface area (Å²) in [4.78, 5) is 28.5. The van der Waals surface area contributed by atoms with Crippen molar-refractivity contribution in [2.75, 3.05) is 39.8 Å². The van der Waals surface area contributed by atoms with Crippen LogP contribution in [-0.4, -0.2) is 72.2 Å². The Hall–Kier alpha value is -3.13. The normalized spacial score (nSPS) is 19.7. The molecule has 158 valence electrons. The van der Waals surface area contributed by atoms with E-state index in [1.54, 1.807) is 25.3 Å². The van der Waals surface area contributed by atoms with Crippen LogP contribution in [-0.2, 0) is 9.59 Å². The molecule has 8 nitrogen and oxygen atoms in total. The highest BCUT2D eigenvalue weighted by molar-refractivity contribution is 6.03. The molecule has 0 N–H and O–H groups in total. The van der Waals surface area contributed by atoms with Gasteiger partial charge >= 0.3 is 0 Å². The van der Waals surface area contributed by atoms with Crippen molar-refractivity contribution < 1.29 is 18.7 Å². The zero-order chi connectivity index (χ0) is 21.1. The zero-order valence-corrected chi connectivity index (χ0v) is 17.3. The van der Waals surface area contributed by atoms with Crippen LogP contribution in [0.2, 0.25) is 0 Å². The molecule has 0 bridgehead atoms. The first kappa shape index (κ1) is 20.2. The molecule has 2 amide bonds. The molecule has 0 radical (unpaired) electrons. The van der Waals surface area contributed by atoms with Crippen LogP contribution in [0.25, 0.3) is 0 Å². The summed E-state index contributed by atoms with van der Waals surface area (Å²) in [6.07, 6.45) is 2.20. The average Bonchev–Trinajstić information content (AvgIpc) is 3.44. The molecule has 1 atom stereocenters. The predicted molar refractivity (Wildman–Crippen MR) is 111 cm³/mol. The Balaban J connectivity index is 1.49. The number of ether oxygens (including phenoxy) is 1. The summed E-state index contributed by atoms with van der Waals surface area (Å²) in [5.74, 6) is 1.50. The smallest absolute Gasteiger partial charge is 0.257 e. The second-order valence-corrected chi connectivity index (χ2v) is 7.53. The van der Waals surface area contributed by atoms with E-state index in [4.69, 9.17) is 9.15 Å². The fraction of sp³-hybridized carbons (Fsp3) is 0.409. The number of hydrazone groups is 1. The van der Waals surface area contributed by atoms with E-state index in [2.05, 4.69) is 10.0 Å². The van der Waals surface area contributed by atoms with Gasteiger partial charge < -0.3 is 14.1 Å². The largest absolute Gasteiger partial charge is 0.497 e. The number of amides is 2. The Bertz CT molecular complexity index is 915. The molecule has 30 heavy (non-hydrogen) atoms. The van der Waals surface area contributed by atoms with Crippen molar-refractivity contribution in [2.24, 2.45) is 5.10 Å². The van der Waals surface area contributed by atoms with Gasteiger partial charge in [-0.05, 0) is 42.0 Å². The van der Waals surface area contributed by atoms with Gasteiger partial charge in [-0.15, -0.1) is 0 Å². The lowest BCUT2D eigenvalue weighted by Gasteiger charge is -2.34. The number of nitrogens with zero attached hydrogens (tertiary/aromatic N) is 4. The Labute approximate surface area is 175 Å². The lowest BCUT2D eigenvalue weighted by molar-refractivity contribution is -0.135. The Kier molecular flexibility index (Phi) is 5.85. The Morgan fingerprint density at radius 3 is 2.47 bits per heavy atom. The van der Waals surface area contributed by atoms with E-state index in [1.807, 2.05) is 41.3 Å². The van der Waals surface area contributed by atoms with Crippen LogP contribution in [0.3, 0.4) is 0 Å². The molecular weight excluding hydrogens is 384 g/mol. The van der Waals surface area contributed by atoms with Crippen LogP contribution in [0.15, 0.2) is 52.2 Å². The van der Waals surface area contributed by atoms with Crippen molar-refractivity contribution in [2.45, 2.75) is 19.4 Å². The quantitative estimate of drug-likeness (QED) is 0.755. The molecule has 4 rings (SSSR count). The number of piperazine rings is 1. The van der Waals surface area contributed by atoms with Gasteiger partial charge in [0.15, 0.2) is 0 Å². The lowest BCUT2D eigenvalue weighted by Crippen LogP contribution is -2.50. The van der Waals surface area contributed by atoms with Crippen LogP contribution in [0.5, 0.6) is 5.75 Å². The Morgan fingerprint density at radius 2 is 1.87 bits per heavy atom. The summed E-state index contributed by atoms with van der Waals surface area (Å²) in [5.41, 5.74) is 1.80. The van der Waals surface area contributed by atoms with Gasteiger partial charge in [0.2, 0.25) is 5.91 Å². The average molecular weight is 410 g/mol. The van der Waals surface area contributed by atoms with Crippen molar-refractivity contribution >= 4 is 17.5 Å². The fourth-order valence-corrected chi connectivity index (χ4v) is 3.89.